The van der Waals surface area contributed by atoms with E-state index in [-0.39, 0.29) is 29.8 Å². The Kier molecular flexibility index (Phi) is 3.06. The highest BCUT2D eigenvalue weighted by Crippen LogP contribution is 2.48. The second kappa shape index (κ2) is 4.50. The van der Waals surface area contributed by atoms with E-state index < -0.39 is 0 Å². The lowest BCUT2D eigenvalue weighted by molar-refractivity contribution is -0.154. The summed E-state index contributed by atoms with van der Waals surface area (Å²) >= 11 is 0. The van der Waals surface area contributed by atoms with Crippen LogP contribution in [0.1, 0.15) is 46.5 Å². The van der Waals surface area contributed by atoms with Crippen molar-refractivity contribution < 1.29 is 9.59 Å². The predicted octanol–water partition coefficient (Wildman–Crippen LogP) is 1.55. The van der Waals surface area contributed by atoms with Crippen molar-refractivity contribution in [3.63, 3.8) is 0 Å². The first kappa shape index (κ1) is 12.9. The van der Waals surface area contributed by atoms with Crippen LogP contribution in [0.3, 0.4) is 0 Å². The van der Waals surface area contributed by atoms with Crippen molar-refractivity contribution in [1.82, 2.24) is 10.2 Å². The average molecular weight is 264 g/mol. The Labute approximate surface area is 114 Å². The van der Waals surface area contributed by atoms with Gasteiger partial charge < -0.3 is 10.2 Å². The molecule has 2 saturated carbocycles. The molecule has 106 valence electrons. The van der Waals surface area contributed by atoms with Crippen LogP contribution in [-0.2, 0) is 9.59 Å². The second-order valence-corrected chi connectivity index (χ2v) is 6.83. The molecule has 2 aliphatic carbocycles. The van der Waals surface area contributed by atoms with Gasteiger partial charge in [-0.3, -0.25) is 9.59 Å². The van der Waals surface area contributed by atoms with Crippen molar-refractivity contribution >= 4 is 11.8 Å². The van der Waals surface area contributed by atoms with E-state index in [0.29, 0.717) is 17.9 Å². The number of carbonyl (C=O) groups is 2. The predicted molar refractivity (Wildman–Crippen MR) is 72.3 cm³/mol. The summed E-state index contributed by atoms with van der Waals surface area (Å²) in [5, 5.41) is 2.83. The van der Waals surface area contributed by atoms with Crippen molar-refractivity contribution in [2.24, 2.45) is 17.8 Å². The normalized spacial score (nSPS) is 32.2. The molecule has 0 aromatic rings. The standard InChI is InChI=1S/C15H24N2O2/c1-8(2)12-14(18)16-9(3)15(19)17(12)13(10-4-5-10)11-6-7-11/h8-13H,4-7H2,1-3H3,(H,16,18). The zero-order valence-corrected chi connectivity index (χ0v) is 12.1. The molecule has 19 heavy (non-hydrogen) atoms. The number of rotatable bonds is 4. The van der Waals surface area contributed by atoms with Crippen LogP contribution in [0, 0.1) is 17.8 Å². The molecule has 2 unspecified atom stereocenters. The summed E-state index contributed by atoms with van der Waals surface area (Å²) in [5.41, 5.74) is 0. The first-order valence-corrected chi connectivity index (χ1v) is 7.63. The highest BCUT2D eigenvalue weighted by Gasteiger charge is 2.52. The van der Waals surface area contributed by atoms with Crippen molar-refractivity contribution in [3.05, 3.63) is 0 Å². The van der Waals surface area contributed by atoms with E-state index in [0.717, 1.165) is 0 Å². The Bertz CT molecular complexity index is 387. The van der Waals surface area contributed by atoms with Gasteiger partial charge >= 0.3 is 0 Å². The minimum absolute atomic E-state index is 0.0356. The van der Waals surface area contributed by atoms with E-state index >= 15 is 0 Å². The van der Waals surface area contributed by atoms with Crippen LogP contribution in [0.15, 0.2) is 0 Å². The van der Waals surface area contributed by atoms with Crippen molar-refractivity contribution in [2.45, 2.75) is 64.6 Å². The Morgan fingerprint density at radius 1 is 1.11 bits per heavy atom. The molecule has 0 radical (unpaired) electrons. The van der Waals surface area contributed by atoms with Crippen LogP contribution < -0.4 is 5.32 Å². The molecule has 1 N–H and O–H groups in total. The lowest BCUT2D eigenvalue weighted by Gasteiger charge is -2.45. The molecule has 1 aliphatic heterocycles. The van der Waals surface area contributed by atoms with Crippen LogP contribution in [0.4, 0.5) is 0 Å². The minimum atomic E-state index is -0.359. The highest BCUT2D eigenvalue weighted by atomic mass is 16.2. The monoisotopic (exact) mass is 264 g/mol. The van der Waals surface area contributed by atoms with Gasteiger partial charge in [0.2, 0.25) is 11.8 Å². The van der Waals surface area contributed by atoms with Gasteiger partial charge in [0, 0.05) is 6.04 Å². The zero-order valence-electron chi connectivity index (χ0n) is 12.1. The largest absolute Gasteiger partial charge is 0.343 e. The van der Waals surface area contributed by atoms with Crippen LogP contribution in [0.2, 0.25) is 0 Å². The molecular formula is C15H24N2O2. The van der Waals surface area contributed by atoms with Gasteiger partial charge in [0.15, 0.2) is 0 Å². The van der Waals surface area contributed by atoms with Crippen molar-refractivity contribution in [3.8, 4) is 0 Å². The Morgan fingerprint density at radius 2 is 1.63 bits per heavy atom. The summed E-state index contributed by atoms with van der Waals surface area (Å²) in [6, 6.07) is -0.300. The van der Waals surface area contributed by atoms with E-state index in [9.17, 15) is 9.59 Å². The third-order valence-corrected chi connectivity index (χ3v) is 4.71. The number of piperazine rings is 1. The molecule has 0 aromatic heterocycles. The van der Waals surface area contributed by atoms with E-state index in [1.807, 2.05) is 18.7 Å². The van der Waals surface area contributed by atoms with Crippen LogP contribution >= 0.6 is 0 Å². The maximum Gasteiger partial charge on any atom is 0.245 e. The van der Waals surface area contributed by atoms with Gasteiger partial charge in [-0.2, -0.15) is 0 Å². The van der Waals surface area contributed by atoms with E-state index in [2.05, 4.69) is 5.32 Å². The molecule has 1 heterocycles. The number of nitrogens with zero attached hydrogens (tertiary/aromatic N) is 1. The summed E-state index contributed by atoms with van der Waals surface area (Å²) < 4.78 is 0. The van der Waals surface area contributed by atoms with Gasteiger partial charge in [-0.05, 0) is 50.4 Å². The topological polar surface area (TPSA) is 49.4 Å². The van der Waals surface area contributed by atoms with Crippen molar-refractivity contribution in [1.29, 1.82) is 0 Å². The number of carbonyl (C=O) groups excluding carboxylic acids is 2. The Hall–Kier alpha value is -1.06. The van der Waals surface area contributed by atoms with Crippen LogP contribution in [0.25, 0.3) is 0 Å². The summed E-state index contributed by atoms with van der Waals surface area (Å²) in [6.45, 7) is 5.88. The third kappa shape index (κ3) is 2.26. The van der Waals surface area contributed by atoms with Gasteiger partial charge in [-0.1, -0.05) is 13.8 Å². The molecular weight excluding hydrogens is 240 g/mol. The summed E-state index contributed by atoms with van der Waals surface area (Å²) in [6.07, 6.45) is 4.91. The molecule has 3 aliphatic rings. The number of hydrogen-bond acceptors (Lipinski definition) is 2. The fraction of sp³-hybridized carbons (Fsp3) is 0.867. The molecule has 4 heteroatoms. The van der Waals surface area contributed by atoms with Gasteiger partial charge in [-0.15, -0.1) is 0 Å². The van der Waals surface area contributed by atoms with Gasteiger partial charge in [0.05, 0.1) is 0 Å². The molecule has 3 fully saturated rings. The van der Waals surface area contributed by atoms with E-state index in [1.165, 1.54) is 25.7 Å². The van der Waals surface area contributed by atoms with Gasteiger partial charge in [0.25, 0.3) is 0 Å². The maximum atomic E-state index is 12.6. The Morgan fingerprint density at radius 3 is 2.05 bits per heavy atom. The summed E-state index contributed by atoms with van der Waals surface area (Å²) in [7, 11) is 0. The van der Waals surface area contributed by atoms with Gasteiger partial charge in [0.1, 0.15) is 12.1 Å². The average Bonchev–Trinajstić information content (AvgIpc) is 3.18. The maximum absolute atomic E-state index is 12.6. The second-order valence-electron chi connectivity index (χ2n) is 6.83. The number of hydrogen-bond donors (Lipinski definition) is 1. The summed E-state index contributed by atoms with van der Waals surface area (Å²) in [4.78, 5) is 26.9. The fourth-order valence-corrected chi connectivity index (χ4v) is 3.52. The molecule has 4 nitrogen and oxygen atoms in total. The molecule has 1 saturated heterocycles. The summed E-state index contributed by atoms with van der Waals surface area (Å²) in [5.74, 6) is 1.64. The molecule has 0 bridgehead atoms. The number of nitrogens with one attached hydrogen (secondary N) is 1. The third-order valence-electron chi connectivity index (χ3n) is 4.71. The van der Waals surface area contributed by atoms with Gasteiger partial charge in [-0.25, -0.2) is 0 Å². The number of amides is 2. The first-order valence-electron chi connectivity index (χ1n) is 7.63. The lowest BCUT2D eigenvalue weighted by atomic mass is 9.92. The smallest absolute Gasteiger partial charge is 0.245 e. The molecule has 3 rings (SSSR count). The molecule has 0 aromatic carbocycles. The molecule has 0 spiro atoms. The molecule has 2 amide bonds. The van der Waals surface area contributed by atoms with Crippen molar-refractivity contribution in [2.75, 3.05) is 0 Å². The van der Waals surface area contributed by atoms with Crippen LogP contribution in [-0.4, -0.2) is 34.8 Å². The fourth-order valence-electron chi connectivity index (χ4n) is 3.52. The zero-order chi connectivity index (χ0) is 13.7. The first-order chi connectivity index (χ1) is 9.00. The quantitative estimate of drug-likeness (QED) is 0.837. The minimum Gasteiger partial charge on any atom is -0.343 e. The van der Waals surface area contributed by atoms with E-state index in [4.69, 9.17) is 0 Å². The Balaban J connectivity index is 1.91. The molecule has 2 atom stereocenters. The van der Waals surface area contributed by atoms with Crippen LogP contribution in [0.5, 0.6) is 0 Å². The SMILES string of the molecule is CC1NC(=O)C(C(C)C)N(C(C2CC2)C2CC2)C1=O. The lowest BCUT2D eigenvalue weighted by Crippen LogP contribution is -2.67. The highest BCUT2D eigenvalue weighted by molar-refractivity contribution is 5.97. The van der Waals surface area contributed by atoms with E-state index in [1.54, 1.807) is 6.92 Å².